The van der Waals surface area contributed by atoms with E-state index in [1.165, 1.54) is 5.56 Å². The van der Waals surface area contributed by atoms with Crippen LogP contribution in [-0.4, -0.2) is 55.6 Å². The molecule has 1 aromatic carbocycles. The first kappa shape index (κ1) is 20.3. The highest BCUT2D eigenvalue weighted by Crippen LogP contribution is 2.52. The van der Waals surface area contributed by atoms with Gasteiger partial charge in [-0.1, -0.05) is 30.3 Å². The molecule has 0 atom stereocenters. The van der Waals surface area contributed by atoms with Gasteiger partial charge in [-0.05, 0) is 71.0 Å². The Balaban J connectivity index is 1.68. The minimum Gasteiger partial charge on any atom is -0.379 e. The summed E-state index contributed by atoms with van der Waals surface area (Å²) in [4.78, 5) is 17.2. The standard InChI is InChI=1S/C23H36N2O2/c1-21(2,27-5)15-16-25-18-22(17-20(25)26)11-13-23(14-12-22,24(3)4)19-9-7-6-8-10-19/h6-10H,11-18H2,1-5H3. The van der Waals surface area contributed by atoms with Gasteiger partial charge < -0.3 is 9.64 Å². The first-order valence-corrected chi connectivity index (χ1v) is 10.3. The third kappa shape index (κ3) is 4.07. The largest absolute Gasteiger partial charge is 0.379 e. The third-order valence-electron chi connectivity index (χ3n) is 7.25. The van der Waals surface area contributed by atoms with Crippen LogP contribution in [0, 0.1) is 5.41 Å². The molecule has 4 nitrogen and oxygen atoms in total. The number of hydrogen-bond acceptors (Lipinski definition) is 3. The van der Waals surface area contributed by atoms with E-state index in [2.05, 4.69) is 68.1 Å². The maximum atomic E-state index is 12.7. The summed E-state index contributed by atoms with van der Waals surface area (Å²) in [5, 5.41) is 0. The lowest BCUT2D eigenvalue weighted by molar-refractivity contribution is -0.128. The number of ether oxygens (including phenoxy) is 1. The van der Waals surface area contributed by atoms with Crippen LogP contribution < -0.4 is 0 Å². The molecule has 0 bridgehead atoms. The zero-order valence-corrected chi connectivity index (χ0v) is 17.8. The number of amides is 1. The van der Waals surface area contributed by atoms with Crippen molar-refractivity contribution in [2.75, 3.05) is 34.3 Å². The van der Waals surface area contributed by atoms with Crippen LogP contribution in [0.15, 0.2) is 30.3 Å². The van der Waals surface area contributed by atoms with E-state index in [4.69, 9.17) is 4.74 Å². The highest BCUT2D eigenvalue weighted by molar-refractivity contribution is 5.79. The van der Waals surface area contributed by atoms with Gasteiger partial charge in [-0.2, -0.15) is 0 Å². The van der Waals surface area contributed by atoms with E-state index in [-0.39, 0.29) is 16.6 Å². The first-order valence-electron chi connectivity index (χ1n) is 10.3. The molecule has 4 heteroatoms. The molecule has 1 aliphatic heterocycles. The molecule has 0 aromatic heterocycles. The molecular weight excluding hydrogens is 336 g/mol. The second kappa shape index (κ2) is 7.56. The van der Waals surface area contributed by atoms with E-state index in [1.807, 2.05) is 0 Å². The molecule has 3 rings (SSSR count). The van der Waals surface area contributed by atoms with Gasteiger partial charge in [0.25, 0.3) is 0 Å². The van der Waals surface area contributed by atoms with Crippen molar-refractivity contribution >= 4 is 5.91 Å². The molecule has 1 saturated heterocycles. The normalized spacial score (nSPS) is 29.1. The van der Waals surface area contributed by atoms with Gasteiger partial charge in [0.1, 0.15) is 0 Å². The van der Waals surface area contributed by atoms with E-state index >= 15 is 0 Å². The lowest BCUT2D eigenvalue weighted by Crippen LogP contribution is -2.47. The maximum Gasteiger partial charge on any atom is 0.223 e. The average Bonchev–Trinajstić information content (AvgIpc) is 2.97. The van der Waals surface area contributed by atoms with Gasteiger partial charge in [-0.3, -0.25) is 9.69 Å². The summed E-state index contributed by atoms with van der Waals surface area (Å²) in [6.45, 7) is 5.91. The van der Waals surface area contributed by atoms with E-state index < -0.39 is 0 Å². The van der Waals surface area contributed by atoms with Gasteiger partial charge >= 0.3 is 0 Å². The molecule has 1 spiro atoms. The van der Waals surface area contributed by atoms with Crippen LogP contribution in [0.3, 0.4) is 0 Å². The smallest absolute Gasteiger partial charge is 0.223 e. The number of carbonyl (C=O) groups is 1. The summed E-state index contributed by atoms with van der Waals surface area (Å²) in [6.07, 6.45) is 6.09. The monoisotopic (exact) mass is 372 g/mol. The minimum atomic E-state index is -0.171. The van der Waals surface area contributed by atoms with Crippen molar-refractivity contribution in [1.82, 2.24) is 9.80 Å². The number of likely N-dealkylation sites (tertiary alicyclic amines) is 1. The molecule has 0 radical (unpaired) electrons. The van der Waals surface area contributed by atoms with Crippen molar-refractivity contribution < 1.29 is 9.53 Å². The second-order valence-electron chi connectivity index (χ2n) is 9.50. The van der Waals surface area contributed by atoms with Crippen LogP contribution in [0.5, 0.6) is 0 Å². The Hall–Kier alpha value is -1.39. The summed E-state index contributed by atoms with van der Waals surface area (Å²) < 4.78 is 5.53. The molecule has 0 unspecified atom stereocenters. The molecule has 1 amide bonds. The molecular formula is C23H36N2O2. The molecule has 1 aliphatic carbocycles. The van der Waals surface area contributed by atoms with Gasteiger partial charge in [-0.15, -0.1) is 0 Å². The Labute approximate surface area is 164 Å². The summed E-state index contributed by atoms with van der Waals surface area (Å²) in [5.74, 6) is 0.332. The van der Waals surface area contributed by atoms with E-state index in [1.54, 1.807) is 7.11 Å². The Morgan fingerprint density at radius 2 is 1.74 bits per heavy atom. The van der Waals surface area contributed by atoms with Crippen LogP contribution in [0.1, 0.15) is 57.9 Å². The topological polar surface area (TPSA) is 32.8 Å². The quantitative estimate of drug-likeness (QED) is 0.755. The van der Waals surface area contributed by atoms with Gasteiger partial charge in [0, 0.05) is 32.2 Å². The predicted molar refractivity (Wildman–Crippen MR) is 110 cm³/mol. The Kier molecular flexibility index (Phi) is 5.69. The van der Waals surface area contributed by atoms with Gasteiger partial charge in [0.05, 0.1) is 5.60 Å². The van der Waals surface area contributed by atoms with Gasteiger partial charge in [-0.25, -0.2) is 0 Å². The molecule has 2 fully saturated rings. The van der Waals surface area contributed by atoms with Crippen molar-refractivity contribution in [3.8, 4) is 0 Å². The molecule has 27 heavy (non-hydrogen) atoms. The van der Waals surface area contributed by atoms with Gasteiger partial charge in [0.2, 0.25) is 5.91 Å². The van der Waals surface area contributed by atoms with Crippen LogP contribution in [0.4, 0.5) is 0 Å². The van der Waals surface area contributed by atoms with E-state index in [0.29, 0.717) is 5.91 Å². The van der Waals surface area contributed by atoms with Crippen molar-refractivity contribution in [1.29, 1.82) is 0 Å². The molecule has 1 aromatic rings. The number of nitrogens with zero attached hydrogens (tertiary/aromatic N) is 2. The van der Waals surface area contributed by atoms with Crippen LogP contribution in [0.25, 0.3) is 0 Å². The first-order chi connectivity index (χ1) is 12.7. The van der Waals surface area contributed by atoms with Crippen LogP contribution in [0.2, 0.25) is 0 Å². The van der Waals surface area contributed by atoms with Crippen molar-refractivity contribution in [2.45, 2.75) is 63.5 Å². The van der Waals surface area contributed by atoms with Gasteiger partial charge in [0.15, 0.2) is 0 Å². The fourth-order valence-corrected chi connectivity index (χ4v) is 4.96. The summed E-state index contributed by atoms with van der Waals surface area (Å²) in [6, 6.07) is 10.9. The zero-order valence-electron chi connectivity index (χ0n) is 17.8. The minimum absolute atomic E-state index is 0.0982. The zero-order chi connectivity index (χ0) is 19.7. The van der Waals surface area contributed by atoms with Crippen molar-refractivity contribution in [3.63, 3.8) is 0 Å². The average molecular weight is 373 g/mol. The van der Waals surface area contributed by atoms with Crippen molar-refractivity contribution in [2.24, 2.45) is 5.41 Å². The Morgan fingerprint density at radius 3 is 2.30 bits per heavy atom. The van der Waals surface area contributed by atoms with Crippen LogP contribution in [-0.2, 0) is 15.1 Å². The SMILES string of the molecule is COC(C)(C)CCN1CC2(CCC(c3ccccc3)(N(C)C)CC2)CC1=O. The Morgan fingerprint density at radius 1 is 1.11 bits per heavy atom. The van der Waals surface area contributed by atoms with E-state index in [9.17, 15) is 4.79 Å². The number of hydrogen-bond donors (Lipinski definition) is 0. The molecule has 1 saturated carbocycles. The van der Waals surface area contributed by atoms with E-state index in [0.717, 1.165) is 51.6 Å². The highest BCUT2D eigenvalue weighted by Gasteiger charge is 2.50. The lowest BCUT2D eigenvalue weighted by atomic mass is 9.64. The fourth-order valence-electron chi connectivity index (χ4n) is 4.96. The highest BCUT2D eigenvalue weighted by atomic mass is 16.5. The Bertz CT molecular complexity index is 646. The fraction of sp³-hybridized carbons (Fsp3) is 0.696. The maximum absolute atomic E-state index is 12.7. The van der Waals surface area contributed by atoms with Crippen LogP contribution >= 0.6 is 0 Å². The number of rotatable bonds is 6. The molecule has 150 valence electrons. The molecule has 0 N–H and O–H groups in total. The number of carbonyl (C=O) groups excluding carboxylic acids is 1. The second-order valence-corrected chi connectivity index (χ2v) is 9.50. The lowest BCUT2D eigenvalue weighted by Gasteiger charge is -2.49. The number of methoxy groups -OCH3 is 1. The summed E-state index contributed by atoms with van der Waals surface area (Å²) in [5.41, 5.74) is 1.51. The summed E-state index contributed by atoms with van der Waals surface area (Å²) in [7, 11) is 6.15. The molecule has 2 aliphatic rings. The van der Waals surface area contributed by atoms with Crippen molar-refractivity contribution in [3.05, 3.63) is 35.9 Å². The third-order valence-corrected chi connectivity index (χ3v) is 7.25. The summed E-state index contributed by atoms with van der Waals surface area (Å²) >= 11 is 0. The molecule has 1 heterocycles. The number of benzene rings is 1. The predicted octanol–water partition coefficient (Wildman–Crippen LogP) is 4.05.